The van der Waals surface area contributed by atoms with Gasteiger partial charge in [0, 0.05) is 52.7 Å². The Labute approximate surface area is 324 Å². The van der Waals surface area contributed by atoms with E-state index in [1.165, 1.54) is 74.0 Å². The first kappa shape index (κ1) is 30.2. The highest BCUT2D eigenvalue weighted by Gasteiger charge is 2.22. The van der Waals surface area contributed by atoms with Gasteiger partial charge < -0.3 is 0 Å². The Morgan fingerprint density at radius 2 is 0.946 bits per heavy atom. The van der Waals surface area contributed by atoms with Crippen molar-refractivity contribution in [2.24, 2.45) is 0 Å². The summed E-state index contributed by atoms with van der Waals surface area (Å²) in [7, 11) is 0. The van der Waals surface area contributed by atoms with E-state index in [4.69, 9.17) is 9.97 Å². The first-order valence-corrected chi connectivity index (χ1v) is 19.9. The lowest BCUT2D eigenvalue weighted by molar-refractivity contribution is 1.02. The molecule has 0 amide bonds. The summed E-state index contributed by atoms with van der Waals surface area (Å²) in [4.78, 5) is 11.2. The Morgan fingerprint density at radius 3 is 1.75 bits per heavy atom. The summed E-state index contributed by atoms with van der Waals surface area (Å²) in [5.41, 5.74) is 5.15. The normalized spacial score (nSPS) is 12.3. The lowest BCUT2D eigenvalue weighted by atomic mass is 9.91. The second-order valence-corrected chi connectivity index (χ2v) is 16.0. The van der Waals surface area contributed by atoms with Gasteiger partial charge in [-0.2, -0.15) is 0 Å². The Kier molecular flexibility index (Phi) is 6.04. The molecule has 3 nitrogen and oxygen atoms in total. The standard InChI is InChI=1S/C52H29N3S/c1-2-13-32-28-45-43(27-31(32)12-1)49-44(26-25-41-37-17-6-5-15-35(37)36-16-7-8-19-40(36)48(41)49)55(45)52-53-50(42-24-21-30-11-3-4-14-34(30)51(42)54-52)33-22-23-39-38-18-9-10-20-46(38)56-47(39)29-33/h1-29H. The van der Waals surface area contributed by atoms with Gasteiger partial charge in [0.15, 0.2) is 0 Å². The van der Waals surface area contributed by atoms with Gasteiger partial charge >= 0.3 is 0 Å². The molecule has 0 N–H and O–H groups in total. The van der Waals surface area contributed by atoms with Crippen LogP contribution in [0.1, 0.15) is 0 Å². The van der Waals surface area contributed by atoms with Crippen LogP contribution in [0.5, 0.6) is 0 Å². The molecule has 3 aromatic heterocycles. The molecule has 4 heteroatoms. The number of fused-ring (bicyclic) bond motifs is 17. The topological polar surface area (TPSA) is 30.7 Å². The number of nitrogens with zero attached hydrogens (tertiary/aromatic N) is 3. The molecule has 0 atom stereocenters. The molecule has 0 unspecified atom stereocenters. The van der Waals surface area contributed by atoms with Crippen LogP contribution in [0.15, 0.2) is 176 Å². The first-order chi connectivity index (χ1) is 27.8. The lowest BCUT2D eigenvalue weighted by Crippen LogP contribution is -2.04. The van der Waals surface area contributed by atoms with E-state index in [0.717, 1.165) is 44.0 Å². The van der Waals surface area contributed by atoms with Crippen LogP contribution < -0.4 is 0 Å². The highest BCUT2D eigenvalue weighted by atomic mass is 32.1. The van der Waals surface area contributed by atoms with Gasteiger partial charge in [-0.25, -0.2) is 9.97 Å². The number of thiophene rings is 1. The average molecular weight is 728 g/mol. The number of rotatable bonds is 2. The van der Waals surface area contributed by atoms with E-state index in [0.29, 0.717) is 5.95 Å². The largest absolute Gasteiger partial charge is 0.278 e. The van der Waals surface area contributed by atoms with Crippen LogP contribution in [0, 0.1) is 0 Å². The van der Waals surface area contributed by atoms with E-state index in [9.17, 15) is 0 Å². The summed E-state index contributed by atoms with van der Waals surface area (Å²) in [5.74, 6) is 0.667. The van der Waals surface area contributed by atoms with Gasteiger partial charge in [-0.3, -0.25) is 4.57 Å². The molecule has 13 rings (SSSR count). The Morgan fingerprint density at radius 1 is 0.357 bits per heavy atom. The van der Waals surface area contributed by atoms with Gasteiger partial charge in [0.25, 0.3) is 0 Å². The summed E-state index contributed by atoms with van der Waals surface area (Å²) in [6, 6.07) is 64.2. The second-order valence-electron chi connectivity index (χ2n) is 14.9. The van der Waals surface area contributed by atoms with Gasteiger partial charge in [0.2, 0.25) is 5.95 Å². The highest BCUT2D eigenvalue weighted by molar-refractivity contribution is 7.25. The van der Waals surface area contributed by atoms with Crippen molar-refractivity contribution in [1.29, 1.82) is 0 Å². The zero-order valence-electron chi connectivity index (χ0n) is 30.0. The fourth-order valence-electron chi connectivity index (χ4n) is 9.45. The van der Waals surface area contributed by atoms with E-state index in [2.05, 4.69) is 180 Å². The number of hydrogen-bond acceptors (Lipinski definition) is 3. The van der Waals surface area contributed by atoms with E-state index in [1.54, 1.807) is 0 Å². The van der Waals surface area contributed by atoms with Gasteiger partial charge in [0.05, 0.1) is 22.2 Å². The van der Waals surface area contributed by atoms with Crippen LogP contribution in [0.25, 0.3) is 124 Å². The van der Waals surface area contributed by atoms with E-state index in [1.807, 2.05) is 11.3 Å². The lowest BCUT2D eigenvalue weighted by Gasteiger charge is -2.14. The molecule has 0 bridgehead atoms. The summed E-state index contributed by atoms with van der Waals surface area (Å²) in [6.07, 6.45) is 0. The molecule has 0 radical (unpaired) electrons. The maximum atomic E-state index is 5.61. The molecule has 10 aromatic carbocycles. The Bertz CT molecular complexity index is 3800. The molecule has 56 heavy (non-hydrogen) atoms. The highest BCUT2D eigenvalue weighted by Crippen LogP contribution is 2.45. The molecule has 13 aromatic rings. The van der Waals surface area contributed by atoms with Crippen molar-refractivity contribution in [3.8, 4) is 17.2 Å². The van der Waals surface area contributed by atoms with Crippen molar-refractivity contribution in [2.45, 2.75) is 0 Å². The predicted molar refractivity (Wildman–Crippen MR) is 240 cm³/mol. The molecule has 0 spiro atoms. The maximum absolute atomic E-state index is 5.61. The zero-order valence-corrected chi connectivity index (χ0v) is 30.8. The fourth-order valence-corrected chi connectivity index (χ4v) is 10.6. The van der Waals surface area contributed by atoms with Crippen LogP contribution in [0.4, 0.5) is 0 Å². The van der Waals surface area contributed by atoms with Crippen molar-refractivity contribution in [3.63, 3.8) is 0 Å². The Hall–Kier alpha value is -7.14. The van der Waals surface area contributed by atoms with Crippen molar-refractivity contribution in [1.82, 2.24) is 14.5 Å². The van der Waals surface area contributed by atoms with Crippen molar-refractivity contribution in [2.75, 3.05) is 0 Å². The van der Waals surface area contributed by atoms with Crippen LogP contribution in [-0.4, -0.2) is 14.5 Å². The van der Waals surface area contributed by atoms with E-state index >= 15 is 0 Å². The molecule has 3 heterocycles. The van der Waals surface area contributed by atoms with Gasteiger partial charge in [-0.05, 0) is 79.5 Å². The summed E-state index contributed by atoms with van der Waals surface area (Å²) in [6.45, 7) is 0. The van der Waals surface area contributed by atoms with Gasteiger partial charge in [-0.15, -0.1) is 11.3 Å². The minimum absolute atomic E-state index is 0.667. The molecule has 0 aliphatic rings. The number of hydrogen-bond donors (Lipinski definition) is 0. The van der Waals surface area contributed by atoms with Crippen molar-refractivity contribution < 1.29 is 0 Å². The van der Waals surface area contributed by atoms with Crippen LogP contribution >= 0.6 is 11.3 Å². The smallest absolute Gasteiger partial charge is 0.235 e. The minimum atomic E-state index is 0.667. The second kappa shape index (κ2) is 11.2. The Balaban J connectivity index is 1.21. The number of benzene rings is 10. The molecule has 0 aliphatic carbocycles. The van der Waals surface area contributed by atoms with Gasteiger partial charge in [-0.1, -0.05) is 140 Å². The molecule has 0 saturated carbocycles. The summed E-state index contributed by atoms with van der Waals surface area (Å²) >= 11 is 1.84. The molecule has 0 fully saturated rings. The predicted octanol–water partition coefficient (Wildman–Crippen LogP) is 14.5. The molecule has 0 aliphatic heterocycles. The fraction of sp³-hybridized carbons (Fsp3) is 0. The quantitative estimate of drug-likeness (QED) is 0.166. The molecule has 0 saturated heterocycles. The maximum Gasteiger partial charge on any atom is 0.235 e. The van der Waals surface area contributed by atoms with Crippen LogP contribution in [0.3, 0.4) is 0 Å². The van der Waals surface area contributed by atoms with Gasteiger partial charge in [0.1, 0.15) is 0 Å². The molecule has 258 valence electrons. The van der Waals surface area contributed by atoms with Crippen molar-refractivity contribution in [3.05, 3.63) is 176 Å². The van der Waals surface area contributed by atoms with Crippen LogP contribution in [0.2, 0.25) is 0 Å². The van der Waals surface area contributed by atoms with E-state index < -0.39 is 0 Å². The van der Waals surface area contributed by atoms with Crippen LogP contribution in [-0.2, 0) is 0 Å². The molecular formula is C52H29N3S. The third-order valence-electron chi connectivity index (χ3n) is 11.9. The monoisotopic (exact) mass is 727 g/mol. The van der Waals surface area contributed by atoms with E-state index in [-0.39, 0.29) is 0 Å². The van der Waals surface area contributed by atoms with Crippen molar-refractivity contribution >= 4 is 118 Å². The summed E-state index contributed by atoms with van der Waals surface area (Å²) in [5, 5.41) is 18.3. The SMILES string of the molecule is c1ccc2cc3c(cc2c1)c1c2c4ccccc4c4ccccc4c2ccc1n3-c1nc(-c2ccc3c(c2)sc2ccccc23)c2ccc3ccccc3c2n1. The first-order valence-electron chi connectivity index (χ1n) is 19.1. The minimum Gasteiger partial charge on any atom is -0.278 e. The molecular weight excluding hydrogens is 699 g/mol. The average Bonchev–Trinajstić information content (AvgIpc) is 3.80. The summed E-state index contributed by atoms with van der Waals surface area (Å²) < 4.78 is 4.87. The number of aromatic nitrogens is 3. The zero-order chi connectivity index (χ0) is 36.5. The third-order valence-corrected chi connectivity index (χ3v) is 13.1. The third kappa shape index (κ3) is 4.11.